The number of hydrogen-bond acceptors (Lipinski definition) is 5. The summed E-state index contributed by atoms with van der Waals surface area (Å²) in [5, 5.41) is 20.7. The normalized spacial score (nSPS) is 27.5. The molecule has 13 heavy (non-hydrogen) atoms. The van der Waals surface area contributed by atoms with Gasteiger partial charge in [0.1, 0.15) is 5.04 Å². The van der Waals surface area contributed by atoms with Gasteiger partial charge in [-0.05, 0) is 14.0 Å². The van der Waals surface area contributed by atoms with Crippen LogP contribution in [0.1, 0.15) is 13.3 Å². The average Bonchev–Trinajstić information content (AvgIpc) is 2.43. The van der Waals surface area contributed by atoms with E-state index in [1.807, 2.05) is 14.0 Å². The molecule has 74 valence electrons. The first-order valence-electron chi connectivity index (χ1n) is 4.30. The van der Waals surface area contributed by atoms with Crippen molar-refractivity contribution in [2.24, 2.45) is 4.99 Å². The van der Waals surface area contributed by atoms with E-state index < -0.39 is 6.23 Å². The number of aliphatic imine (C=N–C) groups is 1. The van der Waals surface area contributed by atoms with Crippen molar-refractivity contribution in [3.05, 3.63) is 0 Å². The molecule has 1 aliphatic rings. The minimum absolute atomic E-state index is 0.0879. The topological polar surface area (TPSA) is 68.5 Å². The molecule has 0 aromatic carbocycles. The maximum absolute atomic E-state index is 9.32. The molecule has 0 amide bonds. The van der Waals surface area contributed by atoms with Crippen LogP contribution < -0.4 is 5.32 Å². The Balaban J connectivity index is 2.45. The summed E-state index contributed by atoms with van der Waals surface area (Å²) < 4.78 is 0. The summed E-state index contributed by atoms with van der Waals surface area (Å²) in [6.07, 6.45) is 0.0387. The average molecular weight is 201 g/mol. The van der Waals surface area contributed by atoms with Gasteiger partial charge in [0.25, 0.3) is 0 Å². The lowest BCUT2D eigenvalue weighted by Gasteiger charge is -2.03. The standard InChI is InChI=1S/C8H15N3OS/c1-5-7(12)11-8(13-5)6(9)3-4-10-2/h5,7,9-10,12H,3-4H2,1-2H3. The van der Waals surface area contributed by atoms with Crippen molar-refractivity contribution in [3.8, 4) is 0 Å². The van der Waals surface area contributed by atoms with Gasteiger partial charge in [-0.15, -0.1) is 0 Å². The van der Waals surface area contributed by atoms with E-state index in [-0.39, 0.29) is 5.25 Å². The van der Waals surface area contributed by atoms with Crippen molar-refractivity contribution < 1.29 is 5.11 Å². The maximum Gasteiger partial charge on any atom is 0.158 e. The molecule has 0 aliphatic carbocycles. The zero-order chi connectivity index (χ0) is 9.84. The van der Waals surface area contributed by atoms with E-state index in [1.165, 1.54) is 11.8 Å². The van der Waals surface area contributed by atoms with Gasteiger partial charge in [0, 0.05) is 13.0 Å². The lowest BCUT2D eigenvalue weighted by Crippen LogP contribution is -2.16. The van der Waals surface area contributed by atoms with Crippen LogP contribution in [0, 0.1) is 5.41 Å². The first-order valence-corrected chi connectivity index (χ1v) is 5.18. The number of aliphatic hydroxyl groups is 1. The summed E-state index contributed by atoms with van der Waals surface area (Å²) in [5.74, 6) is 0. The van der Waals surface area contributed by atoms with Gasteiger partial charge in [0.15, 0.2) is 6.23 Å². The minimum Gasteiger partial charge on any atom is -0.371 e. The molecule has 2 unspecified atom stereocenters. The molecule has 5 heteroatoms. The van der Waals surface area contributed by atoms with Crippen molar-refractivity contribution in [1.82, 2.24) is 5.32 Å². The predicted molar refractivity (Wildman–Crippen MR) is 56.8 cm³/mol. The Morgan fingerprint density at radius 3 is 2.92 bits per heavy atom. The van der Waals surface area contributed by atoms with E-state index in [0.717, 1.165) is 6.54 Å². The molecule has 0 spiro atoms. The molecule has 0 radical (unpaired) electrons. The van der Waals surface area contributed by atoms with Crippen molar-refractivity contribution in [2.75, 3.05) is 13.6 Å². The zero-order valence-corrected chi connectivity index (χ0v) is 8.69. The highest BCUT2D eigenvalue weighted by Gasteiger charge is 2.25. The van der Waals surface area contributed by atoms with Crippen LogP contribution in [0.4, 0.5) is 0 Å². The van der Waals surface area contributed by atoms with Gasteiger partial charge < -0.3 is 15.8 Å². The second-order valence-corrected chi connectivity index (χ2v) is 4.37. The molecular formula is C8H15N3OS. The number of hydrogen-bond donors (Lipinski definition) is 3. The van der Waals surface area contributed by atoms with E-state index in [0.29, 0.717) is 17.2 Å². The van der Waals surface area contributed by atoms with Gasteiger partial charge >= 0.3 is 0 Å². The summed E-state index contributed by atoms with van der Waals surface area (Å²) in [4.78, 5) is 4.01. The van der Waals surface area contributed by atoms with E-state index >= 15 is 0 Å². The van der Waals surface area contributed by atoms with Gasteiger partial charge in [-0.3, -0.25) is 0 Å². The highest BCUT2D eigenvalue weighted by molar-refractivity contribution is 8.16. The van der Waals surface area contributed by atoms with Crippen LogP contribution in [0.5, 0.6) is 0 Å². The van der Waals surface area contributed by atoms with Crippen LogP contribution in [-0.4, -0.2) is 40.9 Å². The van der Waals surface area contributed by atoms with Gasteiger partial charge in [-0.25, -0.2) is 4.99 Å². The largest absolute Gasteiger partial charge is 0.371 e. The Bertz CT molecular complexity index is 229. The third kappa shape index (κ3) is 2.79. The Morgan fingerprint density at radius 2 is 2.46 bits per heavy atom. The number of nitrogens with one attached hydrogen (secondary N) is 2. The molecule has 2 atom stereocenters. The molecule has 0 bridgehead atoms. The van der Waals surface area contributed by atoms with Crippen LogP contribution in [0.3, 0.4) is 0 Å². The first-order chi connectivity index (χ1) is 6.15. The maximum atomic E-state index is 9.32. The SMILES string of the molecule is CNCCC(=N)C1=NC(O)C(C)S1. The number of aliphatic hydroxyl groups excluding tert-OH is 1. The fourth-order valence-electron chi connectivity index (χ4n) is 0.998. The summed E-state index contributed by atoms with van der Waals surface area (Å²) in [5.41, 5.74) is 0.516. The molecule has 0 aromatic heterocycles. The predicted octanol–water partition coefficient (Wildman–Crippen LogP) is 0.468. The molecule has 0 aromatic rings. The van der Waals surface area contributed by atoms with Gasteiger partial charge in [-0.1, -0.05) is 11.8 Å². The van der Waals surface area contributed by atoms with Crippen molar-refractivity contribution in [1.29, 1.82) is 5.41 Å². The fourth-order valence-corrected chi connectivity index (χ4v) is 1.95. The third-order valence-corrected chi connectivity index (χ3v) is 3.04. The number of thioether (sulfide) groups is 1. The van der Waals surface area contributed by atoms with Crippen LogP contribution in [0.15, 0.2) is 4.99 Å². The van der Waals surface area contributed by atoms with E-state index in [2.05, 4.69) is 10.3 Å². The first kappa shape index (κ1) is 10.7. The molecule has 0 saturated carbocycles. The molecule has 4 nitrogen and oxygen atoms in total. The van der Waals surface area contributed by atoms with Crippen LogP contribution >= 0.6 is 11.8 Å². The number of rotatable bonds is 4. The summed E-state index contributed by atoms with van der Waals surface area (Å²) in [6, 6.07) is 0. The minimum atomic E-state index is -0.630. The molecule has 3 N–H and O–H groups in total. The highest BCUT2D eigenvalue weighted by atomic mass is 32.2. The molecule has 1 heterocycles. The van der Waals surface area contributed by atoms with E-state index in [1.54, 1.807) is 0 Å². The number of nitrogens with zero attached hydrogens (tertiary/aromatic N) is 1. The Labute approximate surface area is 82.3 Å². The van der Waals surface area contributed by atoms with E-state index in [4.69, 9.17) is 5.41 Å². The lowest BCUT2D eigenvalue weighted by atomic mass is 10.3. The molecule has 0 fully saturated rings. The second-order valence-electron chi connectivity index (χ2n) is 3.00. The van der Waals surface area contributed by atoms with Crippen LogP contribution in [0.25, 0.3) is 0 Å². The lowest BCUT2D eigenvalue weighted by molar-refractivity contribution is 0.189. The van der Waals surface area contributed by atoms with Crippen molar-refractivity contribution >= 4 is 22.5 Å². The Kier molecular flexibility index (Phi) is 3.90. The van der Waals surface area contributed by atoms with Crippen molar-refractivity contribution in [2.45, 2.75) is 24.8 Å². The second kappa shape index (κ2) is 4.74. The monoisotopic (exact) mass is 201 g/mol. The molecule has 1 rings (SSSR count). The van der Waals surface area contributed by atoms with Gasteiger partial charge in [0.05, 0.1) is 11.0 Å². The smallest absolute Gasteiger partial charge is 0.158 e. The Hall–Kier alpha value is -0.390. The van der Waals surface area contributed by atoms with Crippen LogP contribution in [-0.2, 0) is 0 Å². The summed E-state index contributed by atoms with van der Waals surface area (Å²) in [6.45, 7) is 2.69. The summed E-state index contributed by atoms with van der Waals surface area (Å²) >= 11 is 1.48. The zero-order valence-electron chi connectivity index (χ0n) is 7.87. The third-order valence-electron chi connectivity index (χ3n) is 1.85. The van der Waals surface area contributed by atoms with Crippen LogP contribution in [0.2, 0.25) is 0 Å². The molecule has 1 aliphatic heterocycles. The van der Waals surface area contributed by atoms with Crippen molar-refractivity contribution in [3.63, 3.8) is 0 Å². The Morgan fingerprint density at radius 1 is 1.77 bits per heavy atom. The summed E-state index contributed by atoms with van der Waals surface area (Å²) in [7, 11) is 1.86. The molecule has 0 saturated heterocycles. The molecular weight excluding hydrogens is 186 g/mol. The van der Waals surface area contributed by atoms with Gasteiger partial charge in [0.2, 0.25) is 0 Å². The van der Waals surface area contributed by atoms with Gasteiger partial charge in [-0.2, -0.15) is 0 Å². The fraction of sp³-hybridized carbons (Fsp3) is 0.750. The quantitative estimate of drug-likeness (QED) is 0.579. The van der Waals surface area contributed by atoms with E-state index in [9.17, 15) is 5.11 Å². The highest BCUT2D eigenvalue weighted by Crippen LogP contribution is 2.25.